The van der Waals surface area contributed by atoms with Crippen LogP contribution >= 0.6 is 15.9 Å². The molecule has 0 spiro atoms. The first-order chi connectivity index (χ1) is 11.5. The van der Waals surface area contributed by atoms with E-state index >= 15 is 0 Å². The summed E-state index contributed by atoms with van der Waals surface area (Å²) in [7, 11) is 0. The average Bonchev–Trinajstić information content (AvgIpc) is 2.97. The molecule has 6 heteroatoms. The number of aromatic nitrogens is 1. The van der Waals surface area contributed by atoms with Crippen molar-refractivity contribution in [1.82, 2.24) is 4.98 Å². The largest absolute Gasteiger partial charge is 0.484 e. The number of hydrogen-bond donors (Lipinski definition) is 0. The van der Waals surface area contributed by atoms with E-state index in [9.17, 15) is 5.26 Å². The van der Waals surface area contributed by atoms with E-state index in [4.69, 9.17) is 9.15 Å². The van der Waals surface area contributed by atoms with Crippen LogP contribution in [0, 0.1) is 23.2 Å². The maximum absolute atomic E-state index is 9.36. The summed E-state index contributed by atoms with van der Waals surface area (Å²) in [5.74, 6) is 2.89. The molecule has 1 saturated heterocycles. The molecule has 126 valence electrons. The fourth-order valence-electron chi connectivity index (χ4n) is 3.21. The van der Waals surface area contributed by atoms with E-state index in [1.807, 2.05) is 24.3 Å². The Morgan fingerprint density at radius 3 is 2.58 bits per heavy atom. The zero-order chi connectivity index (χ0) is 17.1. The van der Waals surface area contributed by atoms with Gasteiger partial charge in [-0.3, -0.25) is 0 Å². The number of nitriles is 1. The van der Waals surface area contributed by atoms with Gasteiger partial charge in [0.25, 0.3) is 0 Å². The summed E-state index contributed by atoms with van der Waals surface area (Å²) in [4.78, 5) is 6.42. The number of nitrogens with zero attached hydrogens (tertiary/aromatic N) is 3. The van der Waals surface area contributed by atoms with Crippen LogP contribution < -0.4 is 9.64 Å². The third-order valence-corrected chi connectivity index (χ3v) is 4.62. The summed E-state index contributed by atoms with van der Waals surface area (Å²) in [6.45, 7) is 6.43. The summed E-state index contributed by atoms with van der Waals surface area (Å²) in [6, 6.07) is 9.70. The third kappa shape index (κ3) is 3.90. The molecule has 1 aromatic heterocycles. The average molecular weight is 390 g/mol. The van der Waals surface area contributed by atoms with Crippen LogP contribution in [0.15, 0.2) is 33.2 Å². The molecule has 2 atom stereocenters. The van der Waals surface area contributed by atoms with Gasteiger partial charge in [-0.25, -0.2) is 0 Å². The van der Waals surface area contributed by atoms with Gasteiger partial charge in [0.15, 0.2) is 6.61 Å². The summed E-state index contributed by atoms with van der Waals surface area (Å²) in [6.07, 6.45) is 1.20. The van der Waals surface area contributed by atoms with E-state index in [0.717, 1.165) is 23.3 Å². The normalized spacial score (nSPS) is 20.7. The zero-order valence-corrected chi connectivity index (χ0v) is 15.4. The molecule has 0 bridgehead atoms. The standard InChI is InChI=1S/C18H20BrN3O2/c1-12-7-13(2)10-22(9-12)18-16(8-20)21-17(24-18)11-23-15-5-3-14(19)4-6-15/h3-6,12-13H,7,9-11H2,1-2H3. The van der Waals surface area contributed by atoms with Crippen molar-refractivity contribution in [2.24, 2.45) is 11.8 Å². The van der Waals surface area contributed by atoms with Crippen LogP contribution in [-0.2, 0) is 6.61 Å². The minimum absolute atomic E-state index is 0.204. The smallest absolute Gasteiger partial charge is 0.236 e. The van der Waals surface area contributed by atoms with Gasteiger partial charge in [0.2, 0.25) is 17.5 Å². The molecule has 2 heterocycles. The fraction of sp³-hybridized carbons (Fsp3) is 0.444. The quantitative estimate of drug-likeness (QED) is 0.776. The lowest BCUT2D eigenvalue weighted by atomic mass is 9.92. The van der Waals surface area contributed by atoms with Gasteiger partial charge in [0.05, 0.1) is 0 Å². The lowest BCUT2D eigenvalue weighted by molar-refractivity contribution is 0.260. The SMILES string of the molecule is CC1CC(C)CN(c2oc(COc3ccc(Br)cc3)nc2C#N)C1. The second kappa shape index (κ2) is 7.27. The zero-order valence-electron chi connectivity index (χ0n) is 13.8. The predicted octanol–water partition coefficient (Wildman–Crippen LogP) is 4.37. The van der Waals surface area contributed by atoms with Crippen molar-refractivity contribution in [3.05, 3.63) is 40.3 Å². The summed E-state index contributed by atoms with van der Waals surface area (Å²) >= 11 is 3.39. The monoisotopic (exact) mass is 389 g/mol. The van der Waals surface area contributed by atoms with Crippen molar-refractivity contribution in [3.8, 4) is 11.8 Å². The van der Waals surface area contributed by atoms with Gasteiger partial charge in [-0.2, -0.15) is 10.2 Å². The highest BCUT2D eigenvalue weighted by Crippen LogP contribution is 2.29. The molecular formula is C18H20BrN3O2. The Hall–Kier alpha value is -2.00. The molecule has 1 aromatic carbocycles. The van der Waals surface area contributed by atoms with Gasteiger partial charge in [0, 0.05) is 17.6 Å². The molecule has 0 radical (unpaired) electrons. The van der Waals surface area contributed by atoms with Gasteiger partial charge in [0.1, 0.15) is 11.8 Å². The van der Waals surface area contributed by atoms with E-state index < -0.39 is 0 Å². The van der Waals surface area contributed by atoms with Crippen molar-refractivity contribution < 1.29 is 9.15 Å². The van der Waals surface area contributed by atoms with Crippen molar-refractivity contribution in [1.29, 1.82) is 5.26 Å². The molecule has 0 amide bonds. The van der Waals surface area contributed by atoms with Gasteiger partial charge in [-0.05, 0) is 42.5 Å². The molecule has 3 rings (SSSR count). The Morgan fingerprint density at radius 1 is 1.29 bits per heavy atom. The van der Waals surface area contributed by atoms with Crippen molar-refractivity contribution in [3.63, 3.8) is 0 Å². The molecular weight excluding hydrogens is 370 g/mol. The first-order valence-electron chi connectivity index (χ1n) is 8.08. The minimum Gasteiger partial charge on any atom is -0.484 e. The van der Waals surface area contributed by atoms with E-state index in [1.54, 1.807) is 0 Å². The molecule has 1 aliphatic rings. The van der Waals surface area contributed by atoms with Gasteiger partial charge < -0.3 is 14.1 Å². The molecule has 5 nitrogen and oxygen atoms in total. The molecule has 2 unspecified atom stereocenters. The Kier molecular flexibility index (Phi) is 5.10. The Labute approximate surface area is 150 Å². The molecule has 0 N–H and O–H groups in total. The van der Waals surface area contributed by atoms with Gasteiger partial charge >= 0.3 is 0 Å². The number of oxazole rings is 1. The van der Waals surface area contributed by atoms with Crippen LogP contribution in [0.1, 0.15) is 31.9 Å². The third-order valence-electron chi connectivity index (χ3n) is 4.09. The minimum atomic E-state index is 0.204. The van der Waals surface area contributed by atoms with Crippen LogP contribution in [0.3, 0.4) is 0 Å². The molecule has 2 aromatic rings. The molecule has 0 saturated carbocycles. The van der Waals surface area contributed by atoms with Crippen LogP contribution in [0.5, 0.6) is 5.75 Å². The number of ether oxygens (including phenoxy) is 1. The van der Waals surface area contributed by atoms with Crippen LogP contribution in [0.2, 0.25) is 0 Å². The second-order valence-corrected chi connectivity index (χ2v) is 7.38. The van der Waals surface area contributed by atoms with E-state index in [0.29, 0.717) is 29.3 Å². The Bertz CT molecular complexity index is 726. The molecule has 1 fully saturated rings. The number of anilines is 1. The van der Waals surface area contributed by atoms with Crippen LogP contribution in [0.4, 0.5) is 5.88 Å². The predicted molar refractivity (Wildman–Crippen MR) is 94.9 cm³/mol. The Balaban J connectivity index is 1.73. The maximum Gasteiger partial charge on any atom is 0.236 e. The molecule has 1 aliphatic heterocycles. The lowest BCUT2D eigenvalue weighted by Gasteiger charge is -2.34. The number of benzene rings is 1. The summed E-state index contributed by atoms with van der Waals surface area (Å²) in [5, 5.41) is 9.36. The van der Waals surface area contributed by atoms with E-state index in [2.05, 4.69) is 45.7 Å². The van der Waals surface area contributed by atoms with E-state index in [-0.39, 0.29) is 6.61 Å². The molecule has 24 heavy (non-hydrogen) atoms. The number of rotatable bonds is 4. The first-order valence-corrected chi connectivity index (χ1v) is 8.87. The van der Waals surface area contributed by atoms with Gasteiger partial charge in [-0.1, -0.05) is 29.8 Å². The second-order valence-electron chi connectivity index (χ2n) is 6.47. The summed E-state index contributed by atoms with van der Waals surface area (Å²) < 4.78 is 12.5. The summed E-state index contributed by atoms with van der Waals surface area (Å²) in [5.41, 5.74) is 0.339. The number of hydrogen-bond acceptors (Lipinski definition) is 5. The molecule has 0 aliphatic carbocycles. The van der Waals surface area contributed by atoms with Crippen LogP contribution in [-0.4, -0.2) is 18.1 Å². The van der Waals surface area contributed by atoms with Crippen molar-refractivity contribution in [2.75, 3.05) is 18.0 Å². The number of halogens is 1. The number of piperidine rings is 1. The van der Waals surface area contributed by atoms with Crippen LogP contribution in [0.25, 0.3) is 0 Å². The first kappa shape index (κ1) is 16.8. The van der Waals surface area contributed by atoms with Crippen molar-refractivity contribution in [2.45, 2.75) is 26.9 Å². The fourth-order valence-corrected chi connectivity index (χ4v) is 3.47. The van der Waals surface area contributed by atoms with E-state index in [1.165, 1.54) is 6.42 Å². The highest BCUT2D eigenvalue weighted by molar-refractivity contribution is 9.10. The van der Waals surface area contributed by atoms with Gasteiger partial charge in [-0.15, -0.1) is 0 Å². The maximum atomic E-state index is 9.36. The highest BCUT2D eigenvalue weighted by Gasteiger charge is 2.27. The van der Waals surface area contributed by atoms with Crippen molar-refractivity contribution >= 4 is 21.8 Å². The highest BCUT2D eigenvalue weighted by atomic mass is 79.9. The Morgan fingerprint density at radius 2 is 1.96 bits per heavy atom. The topological polar surface area (TPSA) is 62.3 Å². The lowest BCUT2D eigenvalue weighted by Crippen LogP contribution is -2.38.